The minimum atomic E-state index is -2.32. The summed E-state index contributed by atoms with van der Waals surface area (Å²) in [6, 6.07) is 3.15. The molecule has 1 rings (SSSR count). The summed E-state index contributed by atoms with van der Waals surface area (Å²) >= 11 is -2.32. The summed E-state index contributed by atoms with van der Waals surface area (Å²) in [4.78, 5) is 9.91. The molecule has 0 spiro atoms. The van der Waals surface area contributed by atoms with Crippen LogP contribution in [0.3, 0.4) is 0 Å². The molecule has 1 atom stereocenters. The van der Waals surface area contributed by atoms with Crippen LogP contribution in [-0.2, 0) is 11.1 Å². The lowest BCUT2D eigenvalue weighted by molar-refractivity contribution is -0.388. The van der Waals surface area contributed by atoms with E-state index in [1.807, 2.05) is 0 Å². The molecule has 0 saturated carbocycles. The Labute approximate surface area is 83.2 Å². The molecule has 0 aliphatic rings. The van der Waals surface area contributed by atoms with E-state index in [0.717, 1.165) is 0 Å². The van der Waals surface area contributed by atoms with E-state index in [9.17, 15) is 14.3 Å². The van der Waals surface area contributed by atoms with Crippen molar-refractivity contribution >= 4 is 16.8 Å². The SMILES string of the molecule is Cc1ccc(C)c(S(=O)O)c1[N+](=O)[O-]. The first-order valence-corrected chi connectivity index (χ1v) is 4.91. The molecule has 6 heteroatoms. The highest BCUT2D eigenvalue weighted by Gasteiger charge is 2.23. The van der Waals surface area contributed by atoms with Gasteiger partial charge in [0, 0.05) is 5.56 Å². The normalized spacial score (nSPS) is 12.5. The topological polar surface area (TPSA) is 80.4 Å². The van der Waals surface area contributed by atoms with Gasteiger partial charge in [-0.3, -0.25) is 10.1 Å². The first-order chi connectivity index (χ1) is 6.45. The maximum absolute atomic E-state index is 10.9. The van der Waals surface area contributed by atoms with Gasteiger partial charge in [0.05, 0.1) is 4.92 Å². The molecule has 5 nitrogen and oxygen atoms in total. The van der Waals surface area contributed by atoms with Crippen LogP contribution in [0.2, 0.25) is 0 Å². The molecule has 0 saturated heterocycles. The van der Waals surface area contributed by atoms with Crippen molar-refractivity contribution in [2.45, 2.75) is 18.7 Å². The zero-order chi connectivity index (χ0) is 10.9. The van der Waals surface area contributed by atoms with Gasteiger partial charge in [0.1, 0.15) is 4.90 Å². The molecule has 0 aliphatic heterocycles. The maximum Gasteiger partial charge on any atom is 0.290 e. The van der Waals surface area contributed by atoms with E-state index in [0.29, 0.717) is 11.1 Å². The zero-order valence-corrected chi connectivity index (χ0v) is 8.50. The lowest BCUT2D eigenvalue weighted by Gasteiger charge is -2.04. The van der Waals surface area contributed by atoms with Gasteiger partial charge in [-0.1, -0.05) is 12.1 Å². The van der Waals surface area contributed by atoms with E-state index in [-0.39, 0.29) is 10.6 Å². The van der Waals surface area contributed by atoms with Crippen LogP contribution in [-0.4, -0.2) is 13.7 Å². The van der Waals surface area contributed by atoms with E-state index >= 15 is 0 Å². The second kappa shape index (κ2) is 3.85. The summed E-state index contributed by atoms with van der Waals surface area (Å²) in [5.74, 6) is 0. The Morgan fingerprint density at radius 3 is 2.21 bits per heavy atom. The lowest BCUT2D eigenvalue weighted by Crippen LogP contribution is -2.02. The lowest BCUT2D eigenvalue weighted by atomic mass is 10.1. The van der Waals surface area contributed by atoms with E-state index in [1.165, 1.54) is 6.92 Å². The first kappa shape index (κ1) is 10.8. The Morgan fingerprint density at radius 1 is 1.36 bits per heavy atom. The summed E-state index contributed by atoms with van der Waals surface area (Å²) in [5, 5.41) is 10.7. The first-order valence-electron chi connectivity index (χ1n) is 3.80. The van der Waals surface area contributed by atoms with Crippen LogP contribution in [0.4, 0.5) is 5.69 Å². The molecule has 1 aromatic rings. The van der Waals surface area contributed by atoms with Gasteiger partial charge in [-0.25, -0.2) is 4.21 Å². The highest BCUT2D eigenvalue weighted by Crippen LogP contribution is 2.28. The maximum atomic E-state index is 10.9. The molecule has 0 aliphatic carbocycles. The highest BCUT2D eigenvalue weighted by molar-refractivity contribution is 7.79. The standard InChI is InChI=1S/C8H9NO4S/c1-5-3-4-6(2)8(14(12)13)7(5)9(10)11/h3-4H,1-2H3,(H,12,13). The quantitative estimate of drug-likeness (QED) is 0.463. The monoisotopic (exact) mass is 215 g/mol. The average molecular weight is 215 g/mol. The van der Waals surface area contributed by atoms with Crippen LogP contribution in [0.25, 0.3) is 0 Å². The number of nitro benzene ring substituents is 1. The van der Waals surface area contributed by atoms with Gasteiger partial charge >= 0.3 is 0 Å². The Kier molecular flexibility index (Phi) is 2.97. The second-order valence-electron chi connectivity index (χ2n) is 2.88. The Balaban J connectivity index is 3.58. The third-order valence-corrected chi connectivity index (χ3v) is 2.75. The number of hydrogen-bond acceptors (Lipinski definition) is 3. The predicted molar refractivity (Wildman–Crippen MR) is 51.6 cm³/mol. The molecule has 14 heavy (non-hydrogen) atoms. The number of nitro groups is 1. The zero-order valence-electron chi connectivity index (χ0n) is 7.68. The molecule has 1 unspecified atom stereocenters. The van der Waals surface area contributed by atoms with E-state index in [4.69, 9.17) is 4.55 Å². The third-order valence-electron chi connectivity index (χ3n) is 1.89. The molecule has 0 aromatic heterocycles. The largest absolute Gasteiger partial charge is 0.302 e. The van der Waals surface area contributed by atoms with Gasteiger partial charge in [-0.15, -0.1) is 0 Å². The molecule has 1 N–H and O–H groups in total. The van der Waals surface area contributed by atoms with Gasteiger partial charge in [0.15, 0.2) is 11.1 Å². The summed E-state index contributed by atoms with van der Waals surface area (Å²) in [6.07, 6.45) is 0. The number of nitrogens with zero attached hydrogens (tertiary/aromatic N) is 1. The highest BCUT2D eigenvalue weighted by atomic mass is 32.2. The minimum absolute atomic E-state index is 0.116. The van der Waals surface area contributed by atoms with Crippen molar-refractivity contribution in [3.8, 4) is 0 Å². The summed E-state index contributed by atoms with van der Waals surface area (Å²) in [7, 11) is 0. The van der Waals surface area contributed by atoms with Crippen molar-refractivity contribution in [3.05, 3.63) is 33.4 Å². The molecule has 0 amide bonds. The second-order valence-corrected chi connectivity index (χ2v) is 3.79. The molecular formula is C8H9NO4S. The molecular weight excluding hydrogens is 206 g/mol. The van der Waals surface area contributed by atoms with Crippen molar-refractivity contribution in [2.75, 3.05) is 0 Å². The van der Waals surface area contributed by atoms with Crippen molar-refractivity contribution in [2.24, 2.45) is 0 Å². The van der Waals surface area contributed by atoms with Crippen molar-refractivity contribution in [1.29, 1.82) is 0 Å². The fourth-order valence-corrected chi connectivity index (χ4v) is 1.96. The molecule has 1 aromatic carbocycles. The third kappa shape index (κ3) is 1.80. The molecule has 0 fully saturated rings. The van der Waals surface area contributed by atoms with Crippen LogP contribution < -0.4 is 0 Å². The van der Waals surface area contributed by atoms with Gasteiger partial charge in [-0.2, -0.15) is 0 Å². The van der Waals surface area contributed by atoms with E-state index < -0.39 is 16.0 Å². The number of benzene rings is 1. The van der Waals surface area contributed by atoms with Crippen LogP contribution >= 0.6 is 0 Å². The van der Waals surface area contributed by atoms with Gasteiger partial charge in [0.2, 0.25) is 0 Å². The number of hydrogen-bond donors (Lipinski definition) is 1. The van der Waals surface area contributed by atoms with Crippen molar-refractivity contribution in [1.82, 2.24) is 0 Å². The van der Waals surface area contributed by atoms with Crippen LogP contribution in [0.5, 0.6) is 0 Å². The fraction of sp³-hybridized carbons (Fsp3) is 0.250. The van der Waals surface area contributed by atoms with E-state index in [1.54, 1.807) is 19.1 Å². The minimum Gasteiger partial charge on any atom is -0.302 e. The molecule has 0 radical (unpaired) electrons. The van der Waals surface area contributed by atoms with Crippen LogP contribution in [0, 0.1) is 24.0 Å². The van der Waals surface area contributed by atoms with Crippen molar-refractivity contribution < 1.29 is 13.7 Å². The summed E-state index contributed by atoms with van der Waals surface area (Å²) < 4.78 is 19.8. The number of aryl methyl sites for hydroxylation is 2. The predicted octanol–water partition coefficient (Wildman–Crippen LogP) is 1.79. The smallest absolute Gasteiger partial charge is 0.290 e. The van der Waals surface area contributed by atoms with Gasteiger partial charge in [0.25, 0.3) is 5.69 Å². The Morgan fingerprint density at radius 2 is 1.86 bits per heavy atom. The molecule has 76 valence electrons. The van der Waals surface area contributed by atoms with Crippen LogP contribution in [0.15, 0.2) is 17.0 Å². The summed E-state index contributed by atoms with van der Waals surface area (Å²) in [6.45, 7) is 3.10. The molecule has 0 bridgehead atoms. The summed E-state index contributed by atoms with van der Waals surface area (Å²) in [5.41, 5.74) is 0.562. The van der Waals surface area contributed by atoms with Gasteiger partial charge in [-0.05, 0) is 19.4 Å². The average Bonchev–Trinajstić information content (AvgIpc) is 2.07. The number of rotatable bonds is 2. The molecule has 0 heterocycles. The Bertz CT molecular complexity index is 377. The van der Waals surface area contributed by atoms with Crippen molar-refractivity contribution in [3.63, 3.8) is 0 Å². The Hall–Kier alpha value is -1.27. The van der Waals surface area contributed by atoms with Crippen LogP contribution in [0.1, 0.15) is 11.1 Å². The van der Waals surface area contributed by atoms with E-state index in [2.05, 4.69) is 0 Å². The van der Waals surface area contributed by atoms with Gasteiger partial charge < -0.3 is 4.55 Å². The fourth-order valence-electron chi connectivity index (χ4n) is 1.22.